The van der Waals surface area contributed by atoms with E-state index in [1.807, 2.05) is 0 Å². The maximum atomic E-state index is 2.18. The van der Waals surface area contributed by atoms with E-state index in [-0.39, 0.29) is 0 Å². The zero-order valence-electron chi connectivity index (χ0n) is 13.3. The summed E-state index contributed by atoms with van der Waals surface area (Å²) in [6.07, 6.45) is 16.5. The van der Waals surface area contributed by atoms with Crippen molar-refractivity contribution in [1.29, 1.82) is 0 Å². The molecule has 0 saturated carbocycles. The van der Waals surface area contributed by atoms with Crippen LogP contribution in [-0.2, 0) is 51.4 Å². The summed E-state index contributed by atoms with van der Waals surface area (Å²) in [4.78, 5) is 7.02. The normalized spacial score (nSPS) is 20.4. The summed E-state index contributed by atoms with van der Waals surface area (Å²) in [5.74, 6) is 0. The van der Waals surface area contributed by atoms with Crippen molar-refractivity contribution < 1.29 is 0 Å². The van der Waals surface area contributed by atoms with Crippen LogP contribution < -0.4 is 0 Å². The first-order chi connectivity index (χ1) is 10.9. The number of rotatable bonds is 0. The molecule has 0 saturated heterocycles. The van der Waals surface area contributed by atoms with E-state index >= 15 is 0 Å². The molecular weight excluding hydrogens is 304 g/mol. The molecule has 3 aliphatic rings. The van der Waals surface area contributed by atoms with Gasteiger partial charge in [-0.15, -0.1) is 22.7 Å². The third kappa shape index (κ3) is 2.14. The maximum Gasteiger partial charge on any atom is 0.00866 e. The van der Waals surface area contributed by atoms with Crippen molar-refractivity contribution in [1.82, 2.24) is 0 Å². The summed E-state index contributed by atoms with van der Waals surface area (Å²) in [5, 5.41) is 0. The van der Waals surface area contributed by atoms with Crippen LogP contribution >= 0.6 is 22.7 Å². The van der Waals surface area contributed by atoms with Gasteiger partial charge in [-0.3, -0.25) is 0 Å². The van der Waals surface area contributed by atoms with Crippen molar-refractivity contribution in [3.63, 3.8) is 0 Å². The second kappa shape index (κ2) is 5.49. The number of thiophene rings is 2. The van der Waals surface area contributed by atoms with Crippen molar-refractivity contribution in [2.24, 2.45) is 0 Å². The molecule has 1 aliphatic heterocycles. The largest absolute Gasteiger partial charge is 0.145 e. The fraction of sp³-hybridized carbons (Fsp3) is 0.600. The number of aryl methyl sites for hydroxylation is 4. The van der Waals surface area contributed by atoms with Crippen LogP contribution in [0.2, 0.25) is 0 Å². The average molecular weight is 329 g/mol. The van der Waals surface area contributed by atoms with Crippen LogP contribution in [0, 0.1) is 0 Å². The zero-order chi connectivity index (χ0) is 14.5. The van der Waals surface area contributed by atoms with Gasteiger partial charge in [-0.05, 0) is 99.3 Å². The van der Waals surface area contributed by atoms with Gasteiger partial charge in [0.15, 0.2) is 0 Å². The predicted octanol–water partition coefficient (Wildman–Crippen LogP) is 5.45. The Morgan fingerprint density at radius 2 is 0.636 bits per heavy atom. The molecular formula is C20H24S2. The van der Waals surface area contributed by atoms with Crippen LogP contribution in [0.4, 0.5) is 0 Å². The first-order valence-electron chi connectivity index (χ1n) is 9.14. The Hall–Kier alpha value is -0.600. The molecule has 2 heteroatoms. The first kappa shape index (κ1) is 13.8. The SMILES string of the molecule is C1CCc2c3sc(c2C1)CCc1sc(c2c1CCCC2)CC3. The van der Waals surface area contributed by atoms with Crippen LogP contribution in [-0.4, -0.2) is 0 Å². The van der Waals surface area contributed by atoms with Gasteiger partial charge in [-0.25, -0.2) is 0 Å². The molecule has 3 heterocycles. The monoisotopic (exact) mass is 328 g/mol. The third-order valence-electron chi connectivity index (χ3n) is 5.93. The van der Waals surface area contributed by atoms with E-state index in [4.69, 9.17) is 0 Å². The Morgan fingerprint density at radius 3 is 0.909 bits per heavy atom. The lowest BCUT2D eigenvalue weighted by Crippen LogP contribution is -2.07. The van der Waals surface area contributed by atoms with E-state index < -0.39 is 0 Å². The zero-order valence-corrected chi connectivity index (χ0v) is 14.9. The molecule has 0 amide bonds. The second-order valence-electron chi connectivity index (χ2n) is 7.23. The van der Waals surface area contributed by atoms with Crippen LogP contribution in [0.1, 0.15) is 67.4 Å². The van der Waals surface area contributed by atoms with Crippen molar-refractivity contribution in [2.75, 3.05) is 0 Å². The van der Waals surface area contributed by atoms with E-state index in [0.717, 1.165) is 0 Å². The number of hydrogen-bond donors (Lipinski definition) is 0. The molecule has 0 spiro atoms. The molecule has 0 unspecified atom stereocenters. The smallest absolute Gasteiger partial charge is 0.00866 e. The maximum absolute atomic E-state index is 2.18. The molecule has 4 bridgehead atoms. The number of hydrogen-bond acceptors (Lipinski definition) is 2. The molecule has 2 aromatic rings. The van der Waals surface area contributed by atoms with Gasteiger partial charge in [0.2, 0.25) is 0 Å². The predicted molar refractivity (Wildman–Crippen MR) is 96.7 cm³/mol. The highest BCUT2D eigenvalue weighted by atomic mass is 32.1. The molecule has 5 rings (SSSR count). The molecule has 0 N–H and O–H groups in total. The van der Waals surface area contributed by atoms with Gasteiger partial charge >= 0.3 is 0 Å². The highest BCUT2D eigenvalue weighted by Gasteiger charge is 2.25. The van der Waals surface area contributed by atoms with E-state index in [1.54, 1.807) is 41.8 Å². The molecule has 0 atom stereocenters. The Balaban J connectivity index is 1.57. The van der Waals surface area contributed by atoms with Crippen LogP contribution in [0.15, 0.2) is 0 Å². The topological polar surface area (TPSA) is 0 Å². The first-order valence-corrected chi connectivity index (χ1v) is 10.8. The fourth-order valence-electron chi connectivity index (χ4n) is 4.85. The molecule has 2 aromatic heterocycles. The van der Waals surface area contributed by atoms with E-state index in [1.165, 1.54) is 77.0 Å². The summed E-state index contributed by atoms with van der Waals surface area (Å²) in [5.41, 5.74) is 7.16. The van der Waals surface area contributed by atoms with Crippen molar-refractivity contribution in [3.8, 4) is 0 Å². The highest BCUT2D eigenvalue weighted by Crippen LogP contribution is 2.41. The minimum absolute atomic E-state index is 1.32. The van der Waals surface area contributed by atoms with Gasteiger partial charge in [0.05, 0.1) is 0 Å². The average Bonchev–Trinajstić information content (AvgIpc) is 3.09. The lowest BCUT2D eigenvalue weighted by molar-refractivity contribution is 0.670. The second-order valence-corrected chi connectivity index (χ2v) is 9.60. The highest BCUT2D eigenvalue weighted by molar-refractivity contribution is 7.13. The third-order valence-corrected chi connectivity index (χ3v) is 8.72. The van der Waals surface area contributed by atoms with Gasteiger partial charge in [0, 0.05) is 19.5 Å². The van der Waals surface area contributed by atoms with Gasteiger partial charge in [0.25, 0.3) is 0 Å². The summed E-state index contributed by atoms with van der Waals surface area (Å²) in [6.45, 7) is 0. The molecule has 22 heavy (non-hydrogen) atoms. The van der Waals surface area contributed by atoms with Crippen LogP contribution in [0.3, 0.4) is 0 Å². The van der Waals surface area contributed by atoms with Gasteiger partial charge in [0.1, 0.15) is 0 Å². The molecule has 116 valence electrons. The molecule has 0 radical (unpaired) electrons. The van der Waals surface area contributed by atoms with Gasteiger partial charge in [-0.1, -0.05) is 0 Å². The molecule has 0 aromatic carbocycles. The molecule has 0 nitrogen and oxygen atoms in total. The van der Waals surface area contributed by atoms with Crippen LogP contribution in [0.5, 0.6) is 0 Å². The van der Waals surface area contributed by atoms with Crippen LogP contribution in [0.25, 0.3) is 0 Å². The minimum atomic E-state index is 1.32. The van der Waals surface area contributed by atoms with Gasteiger partial charge < -0.3 is 0 Å². The van der Waals surface area contributed by atoms with Crippen molar-refractivity contribution in [2.45, 2.75) is 77.0 Å². The summed E-state index contributed by atoms with van der Waals surface area (Å²) < 4.78 is 0. The van der Waals surface area contributed by atoms with E-state index in [2.05, 4.69) is 22.7 Å². The standard InChI is InChI=1S/C20H24S2/c1-2-6-14-13(5-1)17-9-10-19-15-7-3-4-8-16(15)20(22-19)12-11-18(14)21-17/h1-12H2. The lowest BCUT2D eigenvalue weighted by Gasteiger charge is -2.16. The summed E-state index contributed by atoms with van der Waals surface area (Å²) in [7, 11) is 0. The Labute approximate surface area is 141 Å². The summed E-state index contributed by atoms with van der Waals surface area (Å²) >= 11 is 4.37. The van der Waals surface area contributed by atoms with E-state index in [0.29, 0.717) is 0 Å². The summed E-state index contributed by atoms with van der Waals surface area (Å²) in [6, 6.07) is 0. The Bertz CT molecular complexity index is 597. The van der Waals surface area contributed by atoms with E-state index in [9.17, 15) is 0 Å². The minimum Gasteiger partial charge on any atom is -0.145 e. The lowest BCUT2D eigenvalue weighted by atomic mass is 9.87. The van der Waals surface area contributed by atoms with Gasteiger partial charge in [-0.2, -0.15) is 0 Å². The van der Waals surface area contributed by atoms with Crippen molar-refractivity contribution in [3.05, 3.63) is 41.8 Å². The molecule has 2 aliphatic carbocycles. The number of fused-ring (bicyclic) bond motifs is 10. The molecule has 0 fully saturated rings. The Kier molecular flexibility index (Phi) is 3.44. The Morgan fingerprint density at radius 1 is 0.364 bits per heavy atom. The fourth-order valence-corrected chi connectivity index (χ4v) is 7.65. The quantitative estimate of drug-likeness (QED) is 0.603. The van der Waals surface area contributed by atoms with Crippen molar-refractivity contribution >= 4 is 22.7 Å².